The van der Waals surface area contributed by atoms with E-state index in [1.54, 1.807) is 18.2 Å². The molecule has 0 unspecified atom stereocenters. The van der Waals surface area contributed by atoms with Crippen LogP contribution in [0.3, 0.4) is 0 Å². The highest BCUT2D eigenvalue weighted by molar-refractivity contribution is 7.89. The van der Waals surface area contributed by atoms with Gasteiger partial charge in [-0.3, -0.25) is 0 Å². The Labute approximate surface area is 187 Å². The predicted molar refractivity (Wildman–Crippen MR) is 111 cm³/mol. The first kappa shape index (κ1) is 24.4. The zero-order valence-electron chi connectivity index (χ0n) is 17.0. The first-order valence-electron chi connectivity index (χ1n) is 9.65. The topological polar surface area (TPSA) is 90.4 Å². The summed E-state index contributed by atoms with van der Waals surface area (Å²) in [5.41, 5.74) is 0.169. The molecule has 3 aromatic rings. The van der Waals surface area contributed by atoms with Crippen molar-refractivity contribution in [3.05, 3.63) is 66.6 Å². The lowest BCUT2D eigenvalue weighted by Gasteiger charge is -2.13. The number of nitrogens with zero attached hydrogens (tertiary/aromatic N) is 2. The Bertz CT molecular complexity index is 1170. The summed E-state index contributed by atoms with van der Waals surface area (Å²) in [6.07, 6.45) is 1.99. The molecule has 0 saturated carbocycles. The number of rotatable bonds is 11. The van der Waals surface area contributed by atoms with Crippen LogP contribution in [0.4, 0.5) is 17.6 Å². The molecule has 0 fully saturated rings. The molecule has 0 radical (unpaired) electrons. The minimum Gasteiger partial charge on any atom is -0.435 e. The maximum Gasteiger partial charge on any atom is 0.387 e. The standard InChI is InChI=1S/C21H19F4N3O4S/c22-20(23)31-14-8-9-18(32-21(24)25)16(13-14)17-10-12-26-19(28-17)7-4-11-27-33(29,30)15-5-2-1-3-6-15/h1-3,5-6,8-10,12-13,20-21,27H,4,7,11H2. The molecule has 0 saturated heterocycles. The van der Waals surface area contributed by atoms with Crippen LogP contribution in [-0.4, -0.2) is 38.2 Å². The summed E-state index contributed by atoms with van der Waals surface area (Å²) < 4.78 is 86.4. The Morgan fingerprint density at radius 3 is 2.36 bits per heavy atom. The van der Waals surface area contributed by atoms with Crippen LogP contribution >= 0.6 is 0 Å². The van der Waals surface area contributed by atoms with E-state index in [-0.39, 0.29) is 40.6 Å². The fourth-order valence-electron chi connectivity index (χ4n) is 2.89. The Morgan fingerprint density at radius 2 is 1.67 bits per heavy atom. The van der Waals surface area contributed by atoms with Gasteiger partial charge in [0.25, 0.3) is 0 Å². The zero-order chi connectivity index (χ0) is 23.8. The fourth-order valence-corrected chi connectivity index (χ4v) is 3.98. The van der Waals surface area contributed by atoms with Crippen LogP contribution in [0.25, 0.3) is 11.3 Å². The minimum absolute atomic E-state index is 0.0156. The Kier molecular flexibility index (Phi) is 8.17. The molecular formula is C21H19F4N3O4S. The lowest BCUT2D eigenvalue weighted by atomic mass is 10.1. The maximum absolute atomic E-state index is 12.8. The number of hydrogen-bond donors (Lipinski definition) is 1. The van der Waals surface area contributed by atoms with Crippen molar-refractivity contribution in [3.8, 4) is 22.8 Å². The van der Waals surface area contributed by atoms with Gasteiger partial charge in [-0.25, -0.2) is 23.1 Å². The molecule has 0 aliphatic rings. The summed E-state index contributed by atoms with van der Waals surface area (Å²) in [7, 11) is -3.65. The van der Waals surface area contributed by atoms with Crippen molar-refractivity contribution in [2.75, 3.05) is 6.54 Å². The van der Waals surface area contributed by atoms with Gasteiger partial charge in [-0.05, 0) is 42.8 Å². The Hall–Kier alpha value is -3.25. The van der Waals surface area contributed by atoms with Gasteiger partial charge in [-0.1, -0.05) is 18.2 Å². The van der Waals surface area contributed by atoms with Crippen molar-refractivity contribution in [2.24, 2.45) is 0 Å². The number of sulfonamides is 1. The van der Waals surface area contributed by atoms with Gasteiger partial charge < -0.3 is 9.47 Å². The van der Waals surface area contributed by atoms with E-state index in [9.17, 15) is 26.0 Å². The summed E-state index contributed by atoms with van der Waals surface area (Å²) >= 11 is 0. The Balaban J connectivity index is 1.71. The third-order valence-corrected chi connectivity index (χ3v) is 5.77. The SMILES string of the molecule is O=S(=O)(NCCCc1nccc(-c2cc(OC(F)F)ccc2OC(F)F)n1)c1ccccc1. The second-order valence-corrected chi connectivity index (χ2v) is 8.35. The largest absolute Gasteiger partial charge is 0.435 e. The summed E-state index contributed by atoms with van der Waals surface area (Å²) in [5.74, 6) is -0.224. The van der Waals surface area contributed by atoms with Gasteiger partial charge >= 0.3 is 13.2 Å². The monoisotopic (exact) mass is 485 g/mol. The van der Waals surface area contributed by atoms with Gasteiger partial charge in [0.15, 0.2) is 0 Å². The number of aryl methyl sites for hydroxylation is 1. The summed E-state index contributed by atoms with van der Waals surface area (Å²) in [4.78, 5) is 8.50. The second-order valence-electron chi connectivity index (χ2n) is 6.59. The second kappa shape index (κ2) is 11.1. The first-order chi connectivity index (χ1) is 15.7. The summed E-state index contributed by atoms with van der Waals surface area (Å²) in [5, 5.41) is 0. The van der Waals surface area contributed by atoms with Gasteiger partial charge in [0.1, 0.15) is 17.3 Å². The predicted octanol–water partition coefficient (Wildman–Crippen LogP) is 4.26. The fraction of sp³-hybridized carbons (Fsp3) is 0.238. The van der Waals surface area contributed by atoms with Crippen LogP contribution in [0.5, 0.6) is 11.5 Å². The van der Waals surface area contributed by atoms with Gasteiger partial charge in [-0.15, -0.1) is 0 Å². The number of ether oxygens (including phenoxy) is 2. The van der Waals surface area contributed by atoms with Gasteiger partial charge in [0.05, 0.1) is 10.6 Å². The van der Waals surface area contributed by atoms with Crippen LogP contribution in [0.2, 0.25) is 0 Å². The van der Waals surface area contributed by atoms with Crippen LogP contribution in [0.15, 0.2) is 65.7 Å². The van der Waals surface area contributed by atoms with E-state index in [1.165, 1.54) is 24.4 Å². The first-order valence-corrected chi connectivity index (χ1v) is 11.1. The lowest BCUT2D eigenvalue weighted by Crippen LogP contribution is -2.25. The van der Waals surface area contributed by atoms with E-state index in [0.717, 1.165) is 18.2 Å². The molecule has 1 N–H and O–H groups in total. The van der Waals surface area contributed by atoms with Gasteiger partial charge in [-0.2, -0.15) is 17.6 Å². The van der Waals surface area contributed by atoms with Crippen LogP contribution < -0.4 is 14.2 Å². The molecule has 0 bridgehead atoms. The molecule has 3 rings (SSSR count). The summed E-state index contributed by atoms with van der Waals surface area (Å²) in [6, 6.07) is 12.6. The van der Waals surface area contributed by atoms with Crippen LogP contribution in [-0.2, 0) is 16.4 Å². The van der Waals surface area contributed by atoms with Crippen LogP contribution in [0, 0.1) is 0 Å². The quantitative estimate of drug-likeness (QED) is 0.323. The molecule has 1 aromatic heterocycles. The van der Waals surface area contributed by atoms with Crippen molar-refractivity contribution in [2.45, 2.75) is 31.0 Å². The molecular weight excluding hydrogens is 466 g/mol. The lowest BCUT2D eigenvalue weighted by molar-refractivity contribution is -0.0526. The molecule has 7 nitrogen and oxygen atoms in total. The van der Waals surface area contributed by atoms with Crippen molar-refractivity contribution in [1.29, 1.82) is 0 Å². The third kappa shape index (κ3) is 7.12. The number of nitrogens with one attached hydrogen (secondary N) is 1. The van der Waals surface area contributed by atoms with Gasteiger partial charge in [0, 0.05) is 24.7 Å². The molecule has 1 heterocycles. The highest BCUT2D eigenvalue weighted by Crippen LogP contribution is 2.34. The Morgan fingerprint density at radius 1 is 0.939 bits per heavy atom. The van der Waals surface area contributed by atoms with Gasteiger partial charge in [0.2, 0.25) is 10.0 Å². The van der Waals surface area contributed by atoms with Crippen molar-refractivity contribution in [3.63, 3.8) is 0 Å². The van der Waals surface area contributed by atoms with Crippen molar-refractivity contribution in [1.82, 2.24) is 14.7 Å². The average Bonchev–Trinajstić information content (AvgIpc) is 2.78. The highest BCUT2D eigenvalue weighted by atomic mass is 32.2. The molecule has 0 aliphatic heterocycles. The van der Waals surface area contributed by atoms with E-state index < -0.39 is 23.2 Å². The van der Waals surface area contributed by atoms with E-state index in [4.69, 9.17) is 0 Å². The minimum atomic E-state index is -3.65. The highest BCUT2D eigenvalue weighted by Gasteiger charge is 2.16. The number of alkyl halides is 4. The van der Waals surface area contributed by atoms with Crippen LogP contribution in [0.1, 0.15) is 12.2 Å². The molecule has 12 heteroatoms. The number of hydrogen-bond acceptors (Lipinski definition) is 6. The van der Waals surface area contributed by atoms with E-state index in [2.05, 4.69) is 24.2 Å². The number of halogens is 4. The molecule has 0 spiro atoms. The molecule has 0 aliphatic carbocycles. The van der Waals surface area contributed by atoms with E-state index >= 15 is 0 Å². The molecule has 176 valence electrons. The van der Waals surface area contributed by atoms with E-state index in [1.807, 2.05) is 0 Å². The molecule has 0 atom stereocenters. The average molecular weight is 485 g/mol. The maximum atomic E-state index is 12.8. The third-order valence-electron chi connectivity index (χ3n) is 4.30. The van der Waals surface area contributed by atoms with E-state index in [0.29, 0.717) is 12.2 Å². The van der Waals surface area contributed by atoms with Crippen molar-refractivity contribution >= 4 is 10.0 Å². The normalized spacial score (nSPS) is 11.7. The number of aromatic nitrogens is 2. The van der Waals surface area contributed by atoms with Crippen molar-refractivity contribution < 1.29 is 35.5 Å². The molecule has 33 heavy (non-hydrogen) atoms. The summed E-state index contributed by atoms with van der Waals surface area (Å²) in [6.45, 7) is -6.12. The zero-order valence-corrected chi connectivity index (χ0v) is 17.8. The molecule has 2 aromatic carbocycles. The molecule has 0 amide bonds. The number of benzene rings is 2. The smallest absolute Gasteiger partial charge is 0.387 e.